The summed E-state index contributed by atoms with van der Waals surface area (Å²) in [6, 6.07) is 14.7. The molecule has 1 saturated heterocycles. The number of fused-ring (bicyclic) bond motifs is 1. The zero-order chi connectivity index (χ0) is 29.6. The molecule has 0 radical (unpaired) electrons. The third-order valence-corrected chi connectivity index (χ3v) is 8.35. The highest BCUT2D eigenvalue weighted by Crippen LogP contribution is 2.33. The van der Waals surface area contributed by atoms with Crippen molar-refractivity contribution in [1.29, 1.82) is 0 Å². The number of carbonyl (C=O) groups excluding carboxylic acids is 1. The molecular formula is C32H41Cl2N3O4. The van der Waals surface area contributed by atoms with Crippen LogP contribution in [0.15, 0.2) is 53.3 Å². The van der Waals surface area contributed by atoms with Crippen molar-refractivity contribution in [3.63, 3.8) is 0 Å². The molecule has 1 aromatic heterocycles. The zero-order valence-electron chi connectivity index (χ0n) is 24.5. The molecule has 0 aliphatic carbocycles. The topological polar surface area (TPSA) is 64.0 Å². The maximum Gasteiger partial charge on any atom is 0.313 e. The molecule has 41 heavy (non-hydrogen) atoms. The number of aromatic nitrogens is 1. The summed E-state index contributed by atoms with van der Waals surface area (Å²) >= 11 is 12.6. The molecule has 9 heteroatoms. The van der Waals surface area contributed by atoms with E-state index in [1.165, 1.54) is 10.6 Å². The third kappa shape index (κ3) is 8.18. The molecule has 2 aromatic carbocycles. The van der Waals surface area contributed by atoms with Crippen LogP contribution >= 0.6 is 23.2 Å². The molecule has 0 spiro atoms. The first-order chi connectivity index (χ1) is 19.5. The van der Waals surface area contributed by atoms with E-state index in [1.807, 2.05) is 50.2 Å². The number of rotatable bonds is 12. The van der Waals surface area contributed by atoms with Crippen LogP contribution in [0.1, 0.15) is 47.0 Å². The molecule has 0 unspecified atom stereocenters. The lowest BCUT2D eigenvalue weighted by atomic mass is 9.84. The number of nitrogens with zero attached hydrogens (tertiary/aromatic N) is 3. The quantitative estimate of drug-likeness (QED) is 0.167. The van der Waals surface area contributed by atoms with Gasteiger partial charge in [0.05, 0.1) is 33.3 Å². The lowest BCUT2D eigenvalue weighted by Gasteiger charge is -2.36. The first-order valence-corrected chi connectivity index (χ1v) is 15.2. The van der Waals surface area contributed by atoms with Gasteiger partial charge in [0.25, 0.3) is 5.56 Å². The summed E-state index contributed by atoms with van der Waals surface area (Å²) in [5, 5.41) is 2.09. The van der Waals surface area contributed by atoms with E-state index in [9.17, 15) is 9.59 Å². The number of ether oxygens (including phenoxy) is 2. The fourth-order valence-electron chi connectivity index (χ4n) is 5.49. The Morgan fingerprint density at radius 2 is 1.73 bits per heavy atom. The summed E-state index contributed by atoms with van der Waals surface area (Å²) in [4.78, 5) is 30.2. The van der Waals surface area contributed by atoms with Gasteiger partial charge < -0.3 is 14.4 Å². The Morgan fingerprint density at radius 1 is 1.00 bits per heavy atom. The van der Waals surface area contributed by atoms with Crippen LogP contribution in [0.25, 0.3) is 10.9 Å². The molecule has 0 amide bonds. The molecule has 3 aromatic rings. The van der Waals surface area contributed by atoms with Gasteiger partial charge in [-0.15, -0.1) is 0 Å². The maximum absolute atomic E-state index is 12.7. The first kappa shape index (κ1) is 31.2. The Labute approximate surface area is 252 Å². The number of unbranched alkanes of at least 4 members (excludes halogenated alkanes) is 1. The Balaban J connectivity index is 1.26. The second-order valence-corrected chi connectivity index (χ2v) is 12.6. The largest absolute Gasteiger partial charge is 0.494 e. The molecule has 0 atom stereocenters. The minimum atomic E-state index is -0.617. The lowest BCUT2D eigenvalue weighted by molar-refractivity contribution is -0.158. The monoisotopic (exact) mass is 601 g/mol. The summed E-state index contributed by atoms with van der Waals surface area (Å²) in [5.41, 5.74) is 0.846. The Hall–Kier alpha value is -2.74. The number of benzene rings is 2. The van der Waals surface area contributed by atoms with E-state index in [0.717, 1.165) is 56.6 Å². The van der Waals surface area contributed by atoms with Gasteiger partial charge >= 0.3 is 5.97 Å². The number of pyridine rings is 1. The number of piperazine rings is 1. The molecule has 4 rings (SSSR count). The van der Waals surface area contributed by atoms with Crippen LogP contribution in [-0.2, 0) is 16.3 Å². The van der Waals surface area contributed by atoms with Crippen LogP contribution in [0.4, 0.5) is 5.69 Å². The molecule has 7 nitrogen and oxygen atoms in total. The summed E-state index contributed by atoms with van der Waals surface area (Å²) < 4.78 is 13.1. The van der Waals surface area contributed by atoms with Gasteiger partial charge in [-0.05, 0) is 81.3 Å². The van der Waals surface area contributed by atoms with Crippen molar-refractivity contribution in [3.05, 3.63) is 68.9 Å². The van der Waals surface area contributed by atoms with Gasteiger partial charge in [-0.3, -0.25) is 19.1 Å². The number of esters is 1. The molecule has 1 fully saturated rings. The Morgan fingerprint density at radius 3 is 2.46 bits per heavy atom. The summed E-state index contributed by atoms with van der Waals surface area (Å²) in [6.45, 7) is 13.2. The molecule has 2 heterocycles. The van der Waals surface area contributed by atoms with E-state index < -0.39 is 5.41 Å². The molecule has 0 N–H and O–H groups in total. The van der Waals surface area contributed by atoms with Crippen LogP contribution in [0.3, 0.4) is 0 Å². The Kier molecular flexibility index (Phi) is 10.6. The van der Waals surface area contributed by atoms with Crippen molar-refractivity contribution >= 4 is 45.8 Å². The fraction of sp³-hybridized carbons (Fsp3) is 0.500. The van der Waals surface area contributed by atoms with E-state index in [4.69, 9.17) is 32.7 Å². The molecular weight excluding hydrogens is 561 g/mol. The molecule has 222 valence electrons. The predicted molar refractivity (Wildman–Crippen MR) is 167 cm³/mol. The van der Waals surface area contributed by atoms with E-state index in [2.05, 4.69) is 23.6 Å². The van der Waals surface area contributed by atoms with Gasteiger partial charge in [0, 0.05) is 38.3 Å². The molecule has 1 aliphatic rings. The van der Waals surface area contributed by atoms with Gasteiger partial charge in [-0.1, -0.05) is 43.1 Å². The van der Waals surface area contributed by atoms with Crippen LogP contribution < -0.4 is 15.2 Å². The van der Waals surface area contributed by atoms with Gasteiger partial charge in [0.2, 0.25) is 0 Å². The van der Waals surface area contributed by atoms with Crippen molar-refractivity contribution in [1.82, 2.24) is 9.47 Å². The highest BCUT2D eigenvalue weighted by atomic mass is 35.5. The van der Waals surface area contributed by atoms with Crippen LogP contribution in [0.5, 0.6) is 5.75 Å². The normalized spacial score (nSPS) is 14.6. The van der Waals surface area contributed by atoms with Crippen LogP contribution in [0.2, 0.25) is 10.0 Å². The molecule has 0 bridgehead atoms. The van der Waals surface area contributed by atoms with Gasteiger partial charge in [0.1, 0.15) is 5.75 Å². The fourth-order valence-corrected chi connectivity index (χ4v) is 5.90. The van der Waals surface area contributed by atoms with Crippen molar-refractivity contribution in [2.45, 2.75) is 53.7 Å². The van der Waals surface area contributed by atoms with Gasteiger partial charge in [0.15, 0.2) is 6.73 Å². The van der Waals surface area contributed by atoms with Crippen LogP contribution in [0, 0.1) is 11.3 Å². The van der Waals surface area contributed by atoms with E-state index >= 15 is 0 Å². The lowest BCUT2D eigenvalue weighted by Crippen LogP contribution is -2.46. The zero-order valence-corrected chi connectivity index (χ0v) is 26.0. The van der Waals surface area contributed by atoms with E-state index in [1.54, 1.807) is 6.07 Å². The number of hydrogen-bond donors (Lipinski definition) is 0. The van der Waals surface area contributed by atoms with Crippen molar-refractivity contribution in [2.75, 3.05) is 44.2 Å². The van der Waals surface area contributed by atoms with Gasteiger partial charge in [-0.2, -0.15) is 0 Å². The standard InChI is InChI=1S/C32H41Cl2N3O4/c1-23(2)21-32(3,4)31(39)41-22-37-28-20-25(12-10-24(28)11-13-29(37)38)40-19-6-5-14-35-15-17-36(18-16-35)27-9-7-8-26(33)30(27)34/h7-13,20,23H,5-6,14-19,21-22H2,1-4H3. The first-order valence-electron chi connectivity index (χ1n) is 14.4. The predicted octanol–water partition coefficient (Wildman–Crippen LogP) is 6.86. The number of halogens is 2. The highest BCUT2D eigenvalue weighted by molar-refractivity contribution is 6.43. The van der Waals surface area contributed by atoms with Crippen LogP contribution in [-0.4, -0.2) is 54.8 Å². The third-order valence-electron chi connectivity index (χ3n) is 7.54. The van der Waals surface area contributed by atoms with E-state index in [-0.39, 0.29) is 18.3 Å². The Bertz CT molecular complexity index is 1400. The van der Waals surface area contributed by atoms with Crippen molar-refractivity contribution < 1.29 is 14.3 Å². The van der Waals surface area contributed by atoms with Gasteiger partial charge in [-0.25, -0.2) is 0 Å². The summed E-state index contributed by atoms with van der Waals surface area (Å²) in [5.74, 6) is 0.745. The highest BCUT2D eigenvalue weighted by Gasteiger charge is 2.30. The average molecular weight is 603 g/mol. The number of anilines is 1. The van der Waals surface area contributed by atoms with Crippen molar-refractivity contribution in [2.24, 2.45) is 11.3 Å². The smallest absolute Gasteiger partial charge is 0.313 e. The van der Waals surface area contributed by atoms with Crippen molar-refractivity contribution in [3.8, 4) is 5.75 Å². The second-order valence-electron chi connectivity index (χ2n) is 11.8. The molecule has 1 aliphatic heterocycles. The minimum absolute atomic E-state index is 0.128. The summed E-state index contributed by atoms with van der Waals surface area (Å²) in [7, 11) is 0. The average Bonchev–Trinajstić information content (AvgIpc) is 2.93. The number of carbonyl (C=O) groups is 1. The SMILES string of the molecule is CC(C)CC(C)(C)C(=O)OCn1c(=O)ccc2ccc(OCCCCN3CCN(c4cccc(Cl)c4Cl)CC3)cc21. The molecule has 0 saturated carbocycles. The van der Waals surface area contributed by atoms with E-state index in [0.29, 0.717) is 40.3 Å². The maximum atomic E-state index is 12.7. The summed E-state index contributed by atoms with van der Waals surface area (Å²) in [6.07, 6.45) is 2.66. The second kappa shape index (κ2) is 14.0. The minimum Gasteiger partial charge on any atom is -0.494 e. The number of hydrogen-bond acceptors (Lipinski definition) is 6.